The third-order valence-corrected chi connectivity index (χ3v) is 11.6. The second-order valence-corrected chi connectivity index (χ2v) is 15.2. The minimum absolute atomic E-state index is 0.811. The molecular weight excluding hydrogens is 731 g/mol. The van der Waals surface area contributed by atoms with Gasteiger partial charge in [-0.3, -0.25) is 0 Å². The van der Waals surface area contributed by atoms with Crippen LogP contribution in [0.15, 0.2) is 229 Å². The maximum atomic E-state index is 6.61. The van der Waals surface area contributed by atoms with Gasteiger partial charge in [-0.05, 0) is 117 Å². The van der Waals surface area contributed by atoms with E-state index in [2.05, 4.69) is 211 Å². The summed E-state index contributed by atoms with van der Waals surface area (Å²) >= 11 is 0. The maximum absolute atomic E-state index is 6.61. The average Bonchev–Trinajstić information content (AvgIpc) is 3.72. The molecule has 1 aliphatic heterocycles. The number of ether oxygens (including phenoxy) is 1. The van der Waals surface area contributed by atoms with E-state index in [0.717, 1.165) is 79.2 Å². The number of benzene rings is 9. The number of hydrogen-bond donors (Lipinski definition) is 0. The van der Waals surface area contributed by atoms with E-state index < -0.39 is 0 Å². The molecule has 3 heteroatoms. The van der Waals surface area contributed by atoms with Gasteiger partial charge in [-0.1, -0.05) is 164 Å². The molecule has 10 aromatic rings. The number of fused-ring (bicyclic) bond motifs is 5. The highest BCUT2D eigenvalue weighted by molar-refractivity contribution is 6.10. The highest BCUT2D eigenvalue weighted by Gasteiger charge is 2.22. The number of nitrogens with zero attached hydrogens (tertiary/aromatic N) is 1. The molecular formula is C57H39NO2. The van der Waals surface area contributed by atoms with Gasteiger partial charge in [0, 0.05) is 28.0 Å². The van der Waals surface area contributed by atoms with Crippen LogP contribution in [0.2, 0.25) is 0 Å². The summed E-state index contributed by atoms with van der Waals surface area (Å²) in [5.74, 6) is 1.76. The van der Waals surface area contributed by atoms with Crippen LogP contribution in [0.25, 0.3) is 72.2 Å². The lowest BCUT2D eigenvalue weighted by molar-refractivity contribution is 0.504. The molecule has 60 heavy (non-hydrogen) atoms. The van der Waals surface area contributed by atoms with Gasteiger partial charge in [0.1, 0.15) is 22.7 Å². The molecule has 1 aliphatic rings. The van der Waals surface area contributed by atoms with Crippen molar-refractivity contribution >= 4 is 44.8 Å². The van der Waals surface area contributed by atoms with Crippen LogP contribution in [0.5, 0.6) is 5.75 Å². The Bertz CT molecular complexity index is 3150. The molecule has 0 unspecified atom stereocenters. The van der Waals surface area contributed by atoms with Crippen molar-refractivity contribution in [3.63, 3.8) is 0 Å². The van der Waals surface area contributed by atoms with Crippen molar-refractivity contribution in [3.05, 3.63) is 236 Å². The Morgan fingerprint density at radius 1 is 0.367 bits per heavy atom. The molecule has 0 fully saturated rings. The van der Waals surface area contributed by atoms with Gasteiger partial charge in [0.15, 0.2) is 0 Å². The zero-order valence-electron chi connectivity index (χ0n) is 32.8. The first-order chi connectivity index (χ1) is 29.7. The molecule has 3 nitrogen and oxygen atoms in total. The van der Waals surface area contributed by atoms with Gasteiger partial charge in [0.2, 0.25) is 0 Å². The molecule has 0 N–H and O–H groups in total. The SMILES string of the molecule is C1=C(c2ccccc2)Oc2c(ccc3oc4cc(-c5ccc(N(c6ccc(-c7ccccc7)cc6)c6ccc(-c7ccccc7)c(-c7ccccc7)c6)cc5)ccc4c23)C1. The van der Waals surface area contributed by atoms with Crippen LogP contribution in [-0.4, -0.2) is 0 Å². The first kappa shape index (κ1) is 35.3. The summed E-state index contributed by atoms with van der Waals surface area (Å²) in [6.07, 6.45) is 2.97. The fraction of sp³-hybridized carbons (Fsp3) is 0.0175. The Labute approximate surface area is 349 Å². The molecule has 9 aromatic carbocycles. The van der Waals surface area contributed by atoms with E-state index in [-0.39, 0.29) is 0 Å². The zero-order chi connectivity index (χ0) is 39.8. The van der Waals surface area contributed by atoms with Crippen molar-refractivity contribution in [3.8, 4) is 50.3 Å². The third-order valence-electron chi connectivity index (χ3n) is 11.6. The first-order valence-electron chi connectivity index (χ1n) is 20.5. The van der Waals surface area contributed by atoms with E-state index in [1.807, 2.05) is 18.2 Å². The largest absolute Gasteiger partial charge is 0.456 e. The molecule has 0 aliphatic carbocycles. The zero-order valence-corrected chi connectivity index (χ0v) is 32.8. The summed E-state index contributed by atoms with van der Waals surface area (Å²) in [6.45, 7) is 0. The van der Waals surface area contributed by atoms with Gasteiger partial charge in [0.05, 0.1) is 5.39 Å². The first-order valence-corrected chi connectivity index (χ1v) is 20.5. The molecule has 1 aromatic heterocycles. The lowest BCUT2D eigenvalue weighted by atomic mass is 9.93. The molecule has 0 saturated carbocycles. The Hall–Kier alpha value is -7.88. The van der Waals surface area contributed by atoms with Gasteiger partial charge < -0.3 is 14.1 Å². The van der Waals surface area contributed by atoms with Crippen molar-refractivity contribution in [2.75, 3.05) is 4.90 Å². The van der Waals surface area contributed by atoms with Crippen LogP contribution in [0.3, 0.4) is 0 Å². The predicted molar refractivity (Wildman–Crippen MR) is 249 cm³/mol. The van der Waals surface area contributed by atoms with E-state index in [4.69, 9.17) is 9.15 Å². The topological polar surface area (TPSA) is 25.6 Å². The predicted octanol–water partition coefficient (Wildman–Crippen LogP) is 15.7. The van der Waals surface area contributed by atoms with E-state index >= 15 is 0 Å². The minimum Gasteiger partial charge on any atom is -0.456 e. The maximum Gasteiger partial charge on any atom is 0.142 e. The third kappa shape index (κ3) is 6.53. The highest BCUT2D eigenvalue weighted by atomic mass is 16.5. The van der Waals surface area contributed by atoms with Crippen molar-refractivity contribution in [2.24, 2.45) is 0 Å². The van der Waals surface area contributed by atoms with Crippen LogP contribution in [0, 0.1) is 0 Å². The van der Waals surface area contributed by atoms with E-state index in [9.17, 15) is 0 Å². The van der Waals surface area contributed by atoms with Crippen LogP contribution in [0.1, 0.15) is 11.1 Å². The number of anilines is 3. The van der Waals surface area contributed by atoms with Crippen LogP contribution < -0.4 is 9.64 Å². The van der Waals surface area contributed by atoms with Gasteiger partial charge in [0.25, 0.3) is 0 Å². The monoisotopic (exact) mass is 769 g/mol. The second kappa shape index (κ2) is 15.1. The average molecular weight is 770 g/mol. The lowest BCUT2D eigenvalue weighted by Crippen LogP contribution is -2.10. The quantitative estimate of drug-likeness (QED) is 0.154. The molecule has 2 heterocycles. The van der Waals surface area contributed by atoms with Crippen LogP contribution in [-0.2, 0) is 6.42 Å². The van der Waals surface area contributed by atoms with Gasteiger partial charge >= 0.3 is 0 Å². The Morgan fingerprint density at radius 3 is 1.52 bits per heavy atom. The fourth-order valence-corrected chi connectivity index (χ4v) is 8.55. The number of rotatable bonds is 8. The summed E-state index contributed by atoms with van der Waals surface area (Å²) in [6, 6.07) is 77.4. The molecule has 0 saturated heterocycles. The molecule has 0 radical (unpaired) electrons. The van der Waals surface area contributed by atoms with Crippen LogP contribution >= 0.6 is 0 Å². The summed E-state index contributed by atoms with van der Waals surface area (Å²) in [5.41, 5.74) is 16.4. The van der Waals surface area contributed by atoms with Gasteiger partial charge in [-0.25, -0.2) is 0 Å². The number of hydrogen-bond acceptors (Lipinski definition) is 3. The summed E-state index contributed by atoms with van der Waals surface area (Å²) in [4.78, 5) is 2.35. The van der Waals surface area contributed by atoms with Crippen molar-refractivity contribution in [2.45, 2.75) is 6.42 Å². The summed E-state index contributed by atoms with van der Waals surface area (Å²) < 4.78 is 13.1. The van der Waals surface area contributed by atoms with E-state index in [1.165, 1.54) is 33.4 Å². The highest BCUT2D eigenvalue weighted by Crippen LogP contribution is 2.44. The van der Waals surface area contributed by atoms with Gasteiger partial charge in [-0.2, -0.15) is 0 Å². The Balaban J connectivity index is 0.976. The molecule has 11 rings (SSSR count). The molecule has 0 amide bonds. The lowest BCUT2D eigenvalue weighted by Gasteiger charge is -2.27. The van der Waals surface area contributed by atoms with E-state index in [1.54, 1.807) is 0 Å². The number of furan rings is 1. The second-order valence-electron chi connectivity index (χ2n) is 15.2. The van der Waals surface area contributed by atoms with E-state index in [0.29, 0.717) is 0 Å². The minimum atomic E-state index is 0.811. The normalized spacial score (nSPS) is 12.2. The van der Waals surface area contributed by atoms with Crippen molar-refractivity contribution in [1.82, 2.24) is 0 Å². The molecule has 284 valence electrons. The molecule has 0 bridgehead atoms. The van der Waals surface area contributed by atoms with Crippen molar-refractivity contribution < 1.29 is 9.15 Å². The van der Waals surface area contributed by atoms with Crippen LogP contribution in [0.4, 0.5) is 17.1 Å². The number of allylic oxidation sites excluding steroid dienone is 1. The standard InChI is InChI=1S/C57H39NO2/c1-5-13-39(14-6-1)40-21-28-47(29-22-40)58(49-32-34-50(42-15-7-2-8-16-42)52(38-49)43-17-9-3-10-18-43)48-30-23-41(24-31-48)46-25-33-51-55(37-46)59-54-36-27-45-26-35-53(60-57(45)56(51)54)44-19-11-4-12-20-44/h1-25,27-38H,26H2. The summed E-state index contributed by atoms with van der Waals surface area (Å²) in [5, 5.41) is 2.07. The molecule has 0 spiro atoms. The van der Waals surface area contributed by atoms with Crippen molar-refractivity contribution in [1.29, 1.82) is 0 Å². The molecule has 0 atom stereocenters. The Kier molecular flexibility index (Phi) is 8.90. The summed E-state index contributed by atoms with van der Waals surface area (Å²) in [7, 11) is 0. The fourth-order valence-electron chi connectivity index (χ4n) is 8.55. The van der Waals surface area contributed by atoms with Gasteiger partial charge in [-0.15, -0.1) is 0 Å². The smallest absolute Gasteiger partial charge is 0.142 e. The Morgan fingerprint density at radius 2 is 0.883 bits per heavy atom.